The number of amides is 1. The number of nitrogens with zero attached hydrogens (tertiary/aromatic N) is 4. The normalized spacial score (nSPS) is 22.0. The van der Waals surface area contributed by atoms with Crippen molar-refractivity contribution in [3.05, 3.63) is 45.0 Å². The number of rotatable bonds is 3. The molecule has 142 valence electrons. The van der Waals surface area contributed by atoms with E-state index in [1.807, 2.05) is 0 Å². The van der Waals surface area contributed by atoms with Crippen LogP contribution < -0.4 is 0 Å². The quantitative estimate of drug-likeness (QED) is 0.415. The Kier molecular flexibility index (Phi) is 5.63. The molecule has 1 unspecified atom stereocenters. The molecule has 6 nitrogen and oxygen atoms in total. The summed E-state index contributed by atoms with van der Waals surface area (Å²) in [7, 11) is 0. The minimum Gasteiger partial charge on any atom is -0.444 e. The van der Waals surface area contributed by atoms with Crippen molar-refractivity contribution in [3.8, 4) is 0 Å². The number of benzene rings is 1. The SMILES string of the molecule is CC(C)(C)OC(=O)N1CC(F)(F)C(N=[N+]=[N-])[C@H]1Cc1cccc(Cl)c1F. The number of carbonyl (C=O) groups excluding carboxylic acids is 1. The maximum Gasteiger partial charge on any atom is 0.410 e. The maximum absolute atomic E-state index is 14.3. The Morgan fingerprint density at radius 1 is 1.50 bits per heavy atom. The molecule has 0 radical (unpaired) electrons. The van der Waals surface area contributed by atoms with Crippen LogP contribution in [0.5, 0.6) is 0 Å². The number of likely N-dealkylation sites (tertiary alicyclic amines) is 1. The highest BCUT2D eigenvalue weighted by atomic mass is 35.5. The summed E-state index contributed by atoms with van der Waals surface area (Å²) in [6, 6.07) is 1.04. The highest BCUT2D eigenvalue weighted by Crippen LogP contribution is 2.38. The zero-order valence-electron chi connectivity index (χ0n) is 14.4. The van der Waals surface area contributed by atoms with Gasteiger partial charge in [-0.05, 0) is 44.4 Å². The summed E-state index contributed by atoms with van der Waals surface area (Å²) in [6.07, 6.45) is -1.29. The summed E-state index contributed by atoms with van der Waals surface area (Å²) in [5.74, 6) is -4.24. The van der Waals surface area contributed by atoms with Gasteiger partial charge in [0.1, 0.15) is 17.5 Å². The van der Waals surface area contributed by atoms with Gasteiger partial charge in [0.15, 0.2) is 0 Å². The third-order valence-electron chi connectivity index (χ3n) is 3.84. The Hall–Kier alpha value is -2.12. The monoisotopic (exact) mass is 390 g/mol. The van der Waals surface area contributed by atoms with Crippen LogP contribution >= 0.6 is 11.6 Å². The molecule has 10 heteroatoms. The summed E-state index contributed by atoms with van der Waals surface area (Å²) in [5, 5.41) is 2.99. The van der Waals surface area contributed by atoms with Gasteiger partial charge in [0, 0.05) is 4.91 Å². The Balaban J connectivity index is 2.41. The van der Waals surface area contributed by atoms with E-state index in [4.69, 9.17) is 21.9 Å². The van der Waals surface area contributed by atoms with Gasteiger partial charge in [-0.25, -0.2) is 18.0 Å². The summed E-state index contributed by atoms with van der Waals surface area (Å²) in [6.45, 7) is 3.79. The molecule has 0 spiro atoms. The highest BCUT2D eigenvalue weighted by molar-refractivity contribution is 6.30. The number of halogens is 4. The molecule has 0 N–H and O–H groups in total. The van der Waals surface area contributed by atoms with Crippen molar-refractivity contribution in [3.63, 3.8) is 0 Å². The minimum absolute atomic E-state index is 0.0342. The second kappa shape index (κ2) is 7.25. The lowest BCUT2D eigenvalue weighted by Gasteiger charge is -2.29. The number of hydrogen-bond acceptors (Lipinski definition) is 3. The first-order chi connectivity index (χ1) is 12.0. The van der Waals surface area contributed by atoms with Crippen LogP contribution in [0, 0.1) is 5.82 Å². The molecule has 1 aromatic carbocycles. The third kappa shape index (κ3) is 4.34. The van der Waals surface area contributed by atoms with E-state index in [0.717, 1.165) is 4.90 Å². The van der Waals surface area contributed by atoms with E-state index < -0.39 is 42.1 Å². The van der Waals surface area contributed by atoms with Crippen LogP contribution in [-0.4, -0.2) is 41.1 Å². The van der Waals surface area contributed by atoms with Crippen molar-refractivity contribution in [1.82, 2.24) is 4.90 Å². The van der Waals surface area contributed by atoms with Crippen molar-refractivity contribution in [2.45, 2.75) is 50.8 Å². The molecule has 1 amide bonds. The van der Waals surface area contributed by atoms with Gasteiger partial charge in [0.05, 0.1) is 17.6 Å². The first kappa shape index (κ1) is 20.2. The van der Waals surface area contributed by atoms with Crippen LogP contribution in [0.4, 0.5) is 18.0 Å². The lowest BCUT2D eigenvalue weighted by molar-refractivity contribution is -0.00932. The molecule has 1 aliphatic heterocycles. The van der Waals surface area contributed by atoms with Crippen molar-refractivity contribution in [2.24, 2.45) is 5.11 Å². The highest BCUT2D eigenvalue weighted by Gasteiger charge is 2.56. The van der Waals surface area contributed by atoms with Crippen LogP contribution in [0.1, 0.15) is 26.3 Å². The summed E-state index contributed by atoms with van der Waals surface area (Å²) >= 11 is 5.73. The van der Waals surface area contributed by atoms with Gasteiger partial charge >= 0.3 is 6.09 Å². The predicted octanol–water partition coefficient (Wildman–Crippen LogP) is 4.96. The van der Waals surface area contributed by atoms with E-state index in [1.165, 1.54) is 18.2 Å². The van der Waals surface area contributed by atoms with E-state index >= 15 is 0 Å². The molecular formula is C16H18ClF3N4O2. The maximum atomic E-state index is 14.3. The number of alkyl halides is 2. The van der Waals surface area contributed by atoms with Gasteiger partial charge < -0.3 is 4.74 Å². The van der Waals surface area contributed by atoms with Crippen LogP contribution in [0.15, 0.2) is 23.3 Å². The number of ether oxygens (including phenoxy) is 1. The van der Waals surface area contributed by atoms with E-state index in [1.54, 1.807) is 20.8 Å². The molecule has 1 aliphatic rings. The van der Waals surface area contributed by atoms with E-state index in [2.05, 4.69) is 10.0 Å². The zero-order valence-corrected chi connectivity index (χ0v) is 15.2. The number of hydrogen-bond donors (Lipinski definition) is 0. The molecule has 2 rings (SSSR count). The van der Waals surface area contributed by atoms with Crippen LogP contribution in [-0.2, 0) is 11.2 Å². The van der Waals surface area contributed by atoms with Crippen molar-refractivity contribution >= 4 is 17.7 Å². The Morgan fingerprint density at radius 2 is 2.15 bits per heavy atom. The lowest BCUT2D eigenvalue weighted by atomic mass is 9.99. The molecule has 0 saturated carbocycles. The first-order valence-corrected chi connectivity index (χ1v) is 8.18. The average molecular weight is 391 g/mol. The van der Waals surface area contributed by atoms with Crippen LogP contribution in [0.3, 0.4) is 0 Å². The zero-order chi connectivity index (χ0) is 19.7. The predicted molar refractivity (Wildman–Crippen MR) is 89.7 cm³/mol. The van der Waals surface area contributed by atoms with Gasteiger partial charge in [-0.2, -0.15) is 0 Å². The molecule has 0 aliphatic carbocycles. The van der Waals surface area contributed by atoms with E-state index in [0.29, 0.717) is 0 Å². The number of carbonyl (C=O) groups is 1. The summed E-state index contributed by atoms with van der Waals surface area (Å²) < 4.78 is 48.0. The Morgan fingerprint density at radius 3 is 2.73 bits per heavy atom. The van der Waals surface area contributed by atoms with Crippen LogP contribution in [0.25, 0.3) is 10.4 Å². The van der Waals surface area contributed by atoms with Crippen molar-refractivity contribution < 1.29 is 22.7 Å². The average Bonchev–Trinajstić information content (AvgIpc) is 2.75. The minimum atomic E-state index is -3.47. The van der Waals surface area contributed by atoms with Crippen LogP contribution in [0.2, 0.25) is 5.02 Å². The molecule has 1 saturated heterocycles. The second-order valence-corrected chi connectivity index (χ2v) is 7.41. The molecule has 0 aromatic heterocycles. The van der Waals surface area contributed by atoms with Crippen molar-refractivity contribution in [1.29, 1.82) is 0 Å². The molecular weight excluding hydrogens is 373 g/mol. The summed E-state index contributed by atoms with van der Waals surface area (Å²) in [4.78, 5) is 15.6. The fourth-order valence-corrected chi connectivity index (χ4v) is 2.97. The molecule has 1 fully saturated rings. The van der Waals surface area contributed by atoms with E-state index in [9.17, 15) is 18.0 Å². The third-order valence-corrected chi connectivity index (χ3v) is 4.14. The van der Waals surface area contributed by atoms with Gasteiger partial charge in [-0.3, -0.25) is 4.90 Å². The number of azide groups is 1. The van der Waals surface area contributed by atoms with Gasteiger partial charge in [-0.1, -0.05) is 28.8 Å². The second-order valence-electron chi connectivity index (χ2n) is 7.00. The fourth-order valence-electron chi connectivity index (χ4n) is 2.78. The van der Waals surface area contributed by atoms with Gasteiger partial charge in [0.25, 0.3) is 5.92 Å². The van der Waals surface area contributed by atoms with Gasteiger partial charge in [0.2, 0.25) is 0 Å². The summed E-state index contributed by atoms with van der Waals surface area (Å²) in [5.41, 5.74) is 7.77. The molecule has 2 atom stereocenters. The lowest BCUT2D eigenvalue weighted by Crippen LogP contribution is -2.43. The smallest absolute Gasteiger partial charge is 0.410 e. The largest absolute Gasteiger partial charge is 0.444 e. The topological polar surface area (TPSA) is 78.3 Å². The molecule has 26 heavy (non-hydrogen) atoms. The Labute approximate surface area is 153 Å². The molecule has 1 aromatic rings. The molecule has 1 heterocycles. The fraction of sp³-hybridized carbons (Fsp3) is 0.562. The van der Waals surface area contributed by atoms with Gasteiger partial charge in [-0.15, -0.1) is 0 Å². The Bertz CT molecular complexity index is 748. The van der Waals surface area contributed by atoms with Crippen molar-refractivity contribution in [2.75, 3.05) is 6.54 Å². The van der Waals surface area contributed by atoms with E-state index in [-0.39, 0.29) is 17.0 Å². The molecule has 0 bridgehead atoms. The first-order valence-electron chi connectivity index (χ1n) is 7.81. The standard InChI is InChI=1S/C16H18ClF3N4O2/c1-15(2,3)26-14(25)24-8-16(19,20)13(22-23-21)11(24)7-9-5-4-6-10(17)12(9)18/h4-6,11,13H,7-8H2,1-3H3/t11-,13?/m1/s1.